The molecule has 0 atom stereocenters. The van der Waals surface area contributed by atoms with Crippen molar-refractivity contribution in [1.82, 2.24) is 9.97 Å². The van der Waals surface area contributed by atoms with Crippen LogP contribution in [0.2, 0.25) is 0 Å². The summed E-state index contributed by atoms with van der Waals surface area (Å²) in [4.78, 5) is 20.4. The number of thiazole rings is 1. The van der Waals surface area contributed by atoms with Gasteiger partial charge in [0.2, 0.25) is 0 Å². The van der Waals surface area contributed by atoms with E-state index in [-0.39, 0.29) is 5.97 Å². The smallest absolute Gasteiger partial charge is 0.350 e. The molecule has 0 aliphatic carbocycles. The van der Waals surface area contributed by atoms with Gasteiger partial charge in [0.15, 0.2) is 5.13 Å². The Hall–Kier alpha value is -1.95. The SMILES string of the molecule is COC(=O)c1sc(NCCc2cccnc2)nc1C. The Kier molecular flexibility index (Phi) is 4.46. The van der Waals surface area contributed by atoms with Gasteiger partial charge in [-0.25, -0.2) is 9.78 Å². The van der Waals surface area contributed by atoms with Crippen LogP contribution in [0, 0.1) is 6.92 Å². The van der Waals surface area contributed by atoms with Crippen LogP contribution in [-0.2, 0) is 11.2 Å². The van der Waals surface area contributed by atoms with Gasteiger partial charge in [0.1, 0.15) is 4.88 Å². The van der Waals surface area contributed by atoms with Crippen LogP contribution in [0.5, 0.6) is 0 Å². The predicted molar refractivity (Wildman–Crippen MR) is 74.6 cm³/mol. The molecule has 0 unspecified atom stereocenters. The minimum absolute atomic E-state index is 0.338. The molecule has 2 aromatic rings. The number of carbonyl (C=O) groups excluding carboxylic acids is 1. The van der Waals surface area contributed by atoms with Crippen LogP contribution in [0.15, 0.2) is 24.5 Å². The third-order valence-electron chi connectivity index (χ3n) is 2.58. The van der Waals surface area contributed by atoms with E-state index in [4.69, 9.17) is 4.74 Å². The van der Waals surface area contributed by atoms with E-state index in [1.54, 1.807) is 13.1 Å². The van der Waals surface area contributed by atoms with E-state index in [1.165, 1.54) is 18.4 Å². The number of aryl methyl sites for hydroxylation is 1. The van der Waals surface area contributed by atoms with E-state index in [0.29, 0.717) is 10.6 Å². The number of anilines is 1. The molecule has 0 aromatic carbocycles. The van der Waals surface area contributed by atoms with Crippen LogP contribution < -0.4 is 5.32 Å². The predicted octanol–water partition coefficient (Wildman–Crippen LogP) is 2.29. The largest absolute Gasteiger partial charge is 0.465 e. The first-order valence-corrected chi connectivity index (χ1v) is 6.71. The second kappa shape index (κ2) is 6.29. The van der Waals surface area contributed by atoms with E-state index in [1.807, 2.05) is 18.3 Å². The lowest BCUT2D eigenvalue weighted by Crippen LogP contribution is -2.04. The fourth-order valence-electron chi connectivity index (χ4n) is 1.61. The van der Waals surface area contributed by atoms with Crippen molar-refractivity contribution in [3.63, 3.8) is 0 Å². The van der Waals surface area contributed by atoms with Gasteiger partial charge in [-0.2, -0.15) is 0 Å². The highest BCUT2D eigenvalue weighted by atomic mass is 32.1. The van der Waals surface area contributed by atoms with Crippen molar-refractivity contribution in [2.75, 3.05) is 19.0 Å². The quantitative estimate of drug-likeness (QED) is 0.849. The van der Waals surface area contributed by atoms with Gasteiger partial charge in [0.25, 0.3) is 0 Å². The van der Waals surface area contributed by atoms with Gasteiger partial charge in [-0.05, 0) is 25.0 Å². The molecule has 5 nitrogen and oxygen atoms in total. The van der Waals surface area contributed by atoms with Gasteiger partial charge in [0, 0.05) is 18.9 Å². The standard InChI is InChI=1S/C13H15N3O2S/c1-9-11(12(17)18-2)19-13(16-9)15-7-5-10-4-3-6-14-8-10/h3-4,6,8H,5,7H2,1-2H3,(H,15,16). The lowest BCUT2D eigenvalue weighted by molar-refractivity contribution is 0.0605. The Balaban J connectivity index is 1.92. The maximum atomic E-state index is 11.5. The fourth-order valence-corrected chi connectivity index (χ4v) is 2.52. The van der Waals surface area contributed by atoms with Gasteiger partial charge in [-0.1, -0.05) is 17.4 Å². The van der Waals surface area contributed by atoms with Crippen LogP contribution in [0.3, 0.4) is 0 Å². The summed E-state index contributed by atoms with van der Waals surface area (Å²) in [5.41, 5.74) is 1.86. The highest BCUT2D eigenvalue weighted by Crippen LogP contribution is 2.23. The Labute approximate surface area is 115 Å². The number of ether oxygens (including phenoxy) is 1. The summed E-state index contributed by atoms with van der Waals surface area (Å²) >= 11 is 1.31. The van der Waals surface area contributed by atoms with Crippen molar-refractivity contribution in [3.05, 3.63) is 40.7 Å². The minimum atomic E-state index is -0.338. The molecule has 2 heterocycles. The summed E-state index contributed by atoms with van der Waals surface area (Å²) in [5.74, 6) is -0.338. The number of carbonyl (C=O) groups is 1. The van der Waals surface area contributed by atoms with Gasteiger partial charge in [-0.15, -0.1) is 0 Å². The molecule has 0 amide bonds. The van der Waals surface area contributed by atoms with Gasteiger partial charge in [-0.3, -0.25) is 4.98 Å². The molecule has 0 aliphatic rings. The van der Waals surface area contributed by atoms with E-state index in [9.17, 15) is 4.79 Å². The number of hydrogen-bond acceptors (Lipinski definition) is 6. The molecular formula is C13H15N3O2S. The third kappa shape index (κ3) is 3.51. The molecule has 6 heteroatoms. The zero-order chi connectivity index (χ0) is 13.7. The maximum absolute atomic E-state index is 11.5. The zero-order valence-electron chi connectivity index (χ0n) is 10.8. The van der Waals surface area contributed by atoms with Crippen LogP contribution in [-0.4, -0.2) is 29.6 Å². The van der Waals surface area contributed by atoms with Gasteiger partial charge in [0.05, 0.1) is 12.8 Å². The van der Waals surface area contributed by atoms with Crippen molar-refractivity contribution in [1.29, 1.82) is 0 Å². The van der Waals surface area contributed by atoms with E-state index in [0.717, 1.165) is 23.7 Å². The van der Waals surface area contributed by atoms with Crippen molar-refractivity contribution in [2.24, 2.45) is 0 Å². The molecule has 19 heavy (non-hydrogen) atoms. The topological polar surface area (TPSA) is 64.1 Å². The molecule has 0 fully saturated rings. The molecule has 2 rings (SSSR count). The summed E-state index contributed by atoms with van der Waals surface area (Å²) in [5, 5.41) is 3.94. The average molecular weight is 277 g/mol. The molecule has 0 bridgehead atoms. The van der Waals surface area contributed by atoms with Crippen molar-refractivity contribution < 1.29 is 9.53 Å². The van der Waals surface area contributed by atoms with E-state index in [2.05, 4.69) is 15.3 Å². The highest BCUT2D eigenvalue weighted by Gasteiger charge is 2.15. The third-order valence-corrected chi connectivity index (χ3v) is 3.68. The number of methoxy groups -OCH3 is 1. The monoisotopic (exact) mass is 277 g/mol. The number of pyridine rings is 1. The first-order valence-electron chi connectivity index (χ1n) is 5.89. The number of hydrogen-bond donors (Lipinski definition) is 1. The van der Waals surface area contributed by atoms with E-state index >= 15 is 0 Å². The average Bonchev–Trinajstić information content (AvgIpc) is 2.80. The van der Waals surface area contributed by atoms with Crippen molar-refractivity contribution in [2.45, 2.75) is 13.3 Å². The molecule has 100 valence electrons. The summed E-state index contributed by atoms with van der Waals surface area (Å²) in [7, 11) is 1.37. The number of rotatable bonds is 5. The first-order chi connectivity index (χ1) is 9.20. The van der Waals surface area contributed by atoms with Crippen LogP contribution in [0.25, 0.3) is 0 Å². The fraction of sp³-hybridized carbons (Fsp3) is 0.308. The molecule has 1 N–H and O–H groups in total. The van der Waals surface area contributed by atoms with Crippen molar-refractivity contribution in [3.8, 4) is 0 Å². The summed E-state index contributed by atoms with van der Waals surface area (Å²) in [6.45, 7) is 2.55. The summed E-state index contributed by atoms with van der Waals surface area (Å²) in [6, 6.07) is 3.94. The lowest BCUT2D eigenvalue weighted by atomic mass is 10.2. The molecule has 0 saturated carbocycles. The molecule has 0 radical (unpaired) electrons. The summed E-state index contributed by atoms with van der Waals surface area (Å²) in [6.07, 6.45) is 4.46. The van der Waals surface area contributed by atoms with Crippen LogP contribution in [0.1, 0.15) is 20.9 Å². The number of nitrogens with one attached hydrogen (secondary N) is 1. The van der Waals surface area contributed by atoms with Gasteiger partial charge < -0.3 is 10.1 Å². The Morgan fingerprint density at radius 2 is 2.37 bits per heavy atom. The molecule has 2 aromatic heterocycles. The zero-order valence-corrected chi connectivity index (χ0v) is 11.7. The van der Waals surface area contributed by atoms with Crippen LogP contribution in [0.4, 0.5) is 5.13 Å². The minimum Gasteiger partial charge on any atom is -0.465 e. The highest BCUT2D eigenvalue weighted by molar-refractivity contribution is 7.17. The van der Waals surface area contributed by atoms with E-state index < -0.39 is 0 Å². The molecule has 0 aliphatic heterocycles. The second-order valence-corrected chi connectivity index (χ2v) is 4.96. The molecule has 0 saturated heterocycles. The lowest BCUT2D eigenvalue weighted by Gasteiger charge is -2.01. The molecular weight excluding hydrogens is 262 g/mol. The Morgan fingerprint density at radius 1 is 1.53 bits per heavy atom. The number of aromatic nitrogens is 2. The number of esters is 1. The Bertz CT molecular complexity index is 554. The molecule has 0 spiro atoms. The first kappa shape index (κ1) is 13.5. The van der Waals surface area contributed by atoms with Crippen LogP contribution >= 0.6 is 11.3 Å². The number of nitrogens with zero attached hydrogens (tertiary/aromatic N) is 2. The van der Waals surface area contributed by atoms with Gasteiger partial charge >= 0.3 is 5.97 Å². The Morgan fingerprint density at radius 3 is 3.05 bits per heavy atom. The normalized spacial score (nSPS) is 10.2. The summed E-state index contributed by atoms with van der Waals surface area (Å²) < 4.78 is 4.70. The maximum Gasteiger partial charge on any atom is 0.350 e. The van der Waals surface area contributed by atoms with Crippen molar-refractivity contribution >= 4 is 22.4 Å². The second-order valence-electron chi connectivity index (χ2n) is 3.96.